The minimum absolute atomic E-state index is 0.214. The average Bonchev–Trinajstić information content (AvgIpc) is 3.96. The van der Waals surface area contributed by atoms with Crippen molar-refractivity contribution in [1.82, 2.24) is 0 Å². The van der Waals surface area contributed by atoms with Gasteiger partial charge >= 0.3 is 0 Å². The maximum atomic E-state index is 2.55. The molecule has 0 heterocycles. The molecule has 10 aromatic rings. The zero-order valence-corrected chi connectivity index (χ0v) is 44.5. The number of hydrogen-bond donors (Lipinski definition) is 0. The van der Waals surface area contributed by atoms with Crippen LogP contribution in [0.2, 0.25) is 0 Å². The minimum Gasteiger partial charge on any atom is -0.310 e. The molecule has 5 aliphatic carbocycles. The van der Waals surface area contributed by atoms with Gasteiger partial charge in [-0.1, -0.05) is 181 Å². The van der Waals surface area contributed by atoms with E-state index in [1.54, 1.807) is 0 Å². The number of benzene rings is 10. The van der Waals surface area contributed by atoms with E-state index >= 15 is 0 Å². The molecule has 0 radical (unpaired) electrons. The maximum absolute atomic E-state index is 2.55. The Kier molecular flexibility index (Phi) is 9.73. The number of fused-ring (bicyclic) bond motifs is 12. The zero-order chi connectivity index (χ0) is 51.2. The van der Waals surface area contributed by atoms with E-state index in [9.17, 15) is 0 Å². The van der Waals surface area contributed by atoms with Crippen molar-refractivity contribution in [2.45, 2.75) is 83.5 Å². The van der Waals surface area contributed by atoms with Crippen LogP contribution >= 0.6 is 0 Å². The Balaban J connectivity index is 0.843. The molecule has 0 spiro atoms. The molecule has 15 rings (SSSR count). The fourth-order valence-corrected chi connectivity index (χ4v) is 14.2. The fraction of sp³-hybridized carbons (Fsp3) is 0.173. The van der Waals surface area contributed by atoms with E-state index in [0.29, 0.717) is 0 Å². The highest BCUT2D eigenvalue weighted by atomic mass is 15.1. The molecule has 0 N–H and O–H groups in total. The summed E-state index contributed by atoms with van der Waals surface area (Å²) in [6.07, 6.45) is 13.7. The second-order valence-electron chi connectivity index (χ2n) is 24.0. The van der Waals surface area contributed by atoms with Crippen LogP contribution in [0.3, 0.4) is 0 Å². The predicted molar refractivity (Wildman–Crippen MR) is 322 cm³/mol. The van der Waals surface area contributed by atoms with Gasteiger partial charge in [0.2, 0.25) is 0 Å². The van der Waals surface area contributed by atoms with Gasteiger partial charge < -0.3 is 4.90 Å². The van der Waals surface area contributed by atoms with E-state index in [-0.39, 0.29) is 16.2 Å². The molecule has 0 saturated carbocycles. The molecule has 0 aromatic heterocycles. The zero-order valence-electron chi connectivity index (χ0n) is 44.5. The second-order valence-corrected chi connectivity index (χ2v) is 24.0. The largest absolute Gasteiger partial charge is 0.310 e. The summed E-state index contributed by atoms with van der Waals surface area (Å²) >= 11 is 0. The van der Waals surface area contributed by atoms with Crippen LogP contribution in [0.4, 0.5) is 17.1 Å². The van der Waals surface area contributed by atoms with Crippen molar-refractivity contribution >= 4 is 40.0 Å². The van der Waals surface area contributed by atoms with Crippen LogP contribution in [0, 0.1) is 0 Å². The normalized spacial score (nSPS) is 16.0. The van der Waals surface area contributed by atoms with Crippen molar-refractivity contribution in [3.63, 3.8) is 0 Å². The van der Waals surface area contributed by atoms with Crippen molar-refractivity contribution in [1.29, 1.82) is 0 Å². The molecular weight excluding hydrogens is 915 g/mol. The van der Waals surface area contributed by atoms with Gasteiger partial charge in [0, 0.05) is 33.3 Å². The SMILES string of the molecule is CC1(C)c2cc(-c3ccc4c(c3)C=CCC4)ccc2-c2ccc(N(c3ccc4c(c3)C(C)(C)c3cc(-c5ccc6c(c5)C=CCC6)ccc3-4)c3ccc4c(c3)C(C)(C)c3cc(-c5ccc6ccccc6c5)ccc3-4)cc21. The summed E-state index contributed by atoms with van der Waals surface area (Å²) < 4.78 is 0. The highest BCUT2D eigenvalue weighted by Gasteiger charge is 2.40. The van der Waals surface area contributed by atoms with Gasteiger partial charge in [-0.25, -0.2) is 0 Å². The summed E-state index contributed by atoms with van der Waals surface area (Å²) in [5, 5.41) is 2.54. The third kappa shape index (κ3) is 6.77. The Hall–Kier alpha value is -8.26. The van der Waals surface area contributed by atoms with Crippen LogP contribution in [0.1, 0.15) is 110 Å². The van der Waals surface area contributed by atoms with Crippen LogP contribution < -0.4 is 4.90 Å². The standard InChI is InChI=1S/C75H61N/c1-73(2)67-40-55(52-22-19-46-13-7-10-16-49(46)37-52)25-31-61(67)64-34-28-58(43-70(64)73)76(59-29-35-65-62-32-26-56(41-68(62)74(3,4)71(65)44-59)53-23-20-47-14-8-11-17-50(47)38-53)60-30-36-66-63-33-27-57(42-69(63)75(5,6)72(66)45-60)54-24-21-48-15-9-12-18-51(48)39-54/h7,10-13,16-45H,8-9,14-15H2,1-6H3. The topological polar surface area (TPSA) is 3.24 Å². The highest BCUT2D eigenvalue weighted by molar-refractivity contribution is 5.93. The number of anilines is 3. The monoisotopic (exact) mass is 975 g/mol. The van der Waals surface area contributed by atoms with Crippen LogP contribution in [-0.4, -0.2) is 0 Å². The molecule has 0 unspecified atom stereocenters. The van der Waals surface area contributed by atoms with E-state index in [1.165, 1.54) is 150 Å². The lowest BCUT2D eigenvalue weighted by Crippen LogP contribution is -2.19. The summed E-state index contributed by atoms with van der Waals surface area (Å²) in [7, 11) is 0. The van der Waals surface area contributed by atoms with Gasteiger partial charge in [-0.3, -0.25) is 0 Å². The van der Waals surface area contributed by atoms with Crippen molar-refractivity contribution < 1.29 is 0 Å². The summed E-state index contributed by atoms with van der Waals surface area (Å²) in [4.78, 5) is 2.55. The molecule has 0 saturated heterocycles. The van der Waals surface area contributed by atoms with Crippen LogP contribution in [0.5, 0.6) is 0 Å². The van der Waals surface area contributed by atoms with Crippen molar-refractivity contribution in [2.24, 2.45) is 0 Å². The van der Waals surface area contributed by atoms with Gasteiger partial charge in [0.15, 0.2) is 0 Å². The van der Waals surface area contributed by atoms with E-state index < -0.39 is 0 Å². The van der Waals surface area contributed by atoms with Gasteiger partial charge in [-0.05, 0) is 232 Å². The van der Waals surface area contributed by atoms with E-state index in [1.807, 2.05) is 0 Å². The van der Waals surface area contributed by atoms with Gasteiger partial charge in [0.05, 0.1) is 0 Å². The van der Waals surface area contributed by atoms with Crippen molar-refractivity contribution in [3.05, 3.63) is 256 Å². The van der Waals surface area contributed by atoms with Crippen LogP contribution in [0.15, 0.2) is 200 Å². The Morgan fingerprint density at radius 1 is 0.303 bits per heavy atom. The Bertz CT molecular complexity index is 4030. The number of hydrogen-bond acceptors (Lipinski definition) is 1. The quantitative estimate of drug-likeness (QED) is 0.160. The molecule has 0 aliphatic heterocycles. The molecule has 5 aliphatic rings. The molecular formula is C75H61N. The molecule has 0 amide bonds. The molecule has 366 valence electrons. The van der Waals surface area contributed by atoms with Gasteiger partial charge in [-0.2, -0.15) is 0 Å². The summed E-state index contributed by atoms with van der Waals surface area (Å²) in [6.45, 7) is 14.6. The van der Waals surface area contributed by atoms with E-state index in [0.717, 1.165) is 25.7 Å². The average molecular weight is 976 g/mol. The Morgan fingerprint density at radius 2 is 0.632 bits per heavy atom. The molecule has 0 fully saturated rings. The molecule has 1 nitrogen and oxygen atoms in total. The smallest absolute Gasteiger partial charge is 0.0465 e. The second kappa shape index (κ2) is 16.4. The van der Waals surface area contributed by atoms with Crippen LogP contribution in [0.25, 0.3) is 89.7 Å². The summed E-state index contributed by atoms with van der Waals surface area (Å²) in [5.41, 5.74) is 32.3. The minimum atomic E-state index is -0.222. The lowest BCUT2D eigenvalue weighted by atomic mass is 9.80. The number of allylic oxidation sites excluding steroid dienone is 2. The molecule has 0 atom stereocenters. The van der Waals surface area contributed by atoms with Gasteiger partial charge in [-0.15, -0.1) is 0 Å². The number of nitrogens with zero attached hydrogens (tertiary/aromatic N) is 1. The first-order chi connectivity index (χ1) is 36.9. The van der Waals surface area contributed by atoms with Crippen molar-refractivity contribution in [3.8, 4) is 66.8 Å². The molecule has 0 bridgehead atoms. The third-order valence-corrected chi connectivity index (χ3v) is 18.6. The lowest BCUT2D eigenvalue weighted by molar-refractivity contribution is 0.659. The van der Waals surface area contributed by atoms with E-state index in [2.05, 4.69) is 259 Å². The first kappa shape index (κ1) is 45.2. The molecule has 10 aromatic carbocycles. The van der Waals surface area contributed by atoms with Gasteiger partial charge in [0.1, 0.15) is 0 Å². The van der Waals surface area contributed by atoms with Crippen molar-refractivity contribution in [2.75, 3.05) is 4.90 Å². The Morgan fingerprint density at radius 3 is 1.05 bits per heavy atom. The first-order valence-corrected chi connectivity index (χ1v) is 27.7. The number of rotatable bonds is 6. The Labute approximate surface area is 448 Å². The van der Waals surface area contributed by atoms with Gasteiger partial charge in [0.25, 0.3) is 0 Å². The third-order valence-electron chi connectivity index (χ3n) is 18.6. The first-order valence-electron chi connectivity index (χ1n) is 27.7. The highest BCUT2D eigenvalue weighted by Crippen LogP contribution is 2.56. The molecule has 1 heteroatoms. The van der Waals surface area contributed by atoms with E-state index in [4.69, 9.17) is 0 Å². The number of aryl methyl sites for hydroxylation is 2. The fourth-order valence-electron chi connectivity index (χ4n) is 14.2. The maximum Gasteiger partial charge on any atom is 0.0465 e. The summed E-state index contributed by atoms with van der Waals surface area (Å²) in [5.74, 6) is 0. The predicted octanol–water partition coefficient (Wildman–Crippen LogP) is 20.1. The lowest BCUT2D eigenvalue weighted by Gasteiger charge is -2.31. The van der Waals surface area contributed by atoms with Crippen LogP contribution in [-0.2, 0) is 29.1 Å². The summed E-state index contributed by atoms with van der Waals surface area (Å²) in [6, 6.07) is 73.1. The molecule has 76 heavy (non-hydrogen) atoms.